The molecular weight excluding hydrogens is 352 g/mol. The highest BCUT2D eigenvalue weighted by Gasteiger charge is 2.52. The van der Waals surface area contributed by atoms with Crippen molar-refractivity contribution >= 4 is 28.9 Å². The van der Waals surface area contributed by atoms with Crippen molar-refractivity contribution in [3.8, 4) is 11.5 Å². The fourth-order valence-electron chi connectivity index (χ4n) is 2.89. The lowest BCUT2D eigenvalue weighted by Crippen LogP contribution is -2.14. The molecule has 4 rings (SSSR count). The second-order valence-corrected chi connectivity index (χ2v) is 6.72. The molecule has 24 heavy (non-hydrogen) atoms. The minimum absolute atomic E-state index is 0.280. The molecule has 7 heteroatoms. The van der Waals surface area contributed by atoms with Gasteiger partial charge in [0.2, 0.25) is 0 Å². The van der Waals surface area contributed by atoms with Crippen LogP contribution in [0.3, 0.4) is 0 Å². The first-order chi connectivity index (χ1) is 11.5. The summed E-state index contributed by atoms with van der Waals surface area (Å²) < 4.78 is 19.8. The summed E-state index contributed by atoms with van der Waals surface area (Å²) >= 11 is 12.1. The standard InChI is InChI=1S/C17H12Cl2FN3O/c18-10-3-1-9(2-4-10)15-22-16(23-24-15)17(5-6-17)14-12(19)7-11(21)8-13(14)20/h1-4,7-8H,5-6,21H2. The topological polar surface area (TPSA) is 64.9 Å². The van der Waals surface area contributed by atoms with E-state index in [0.29, 0.717) is 35.1 Å². The maximum Gasteiger partial charge on any atom is 0.257 e. The van der Waals surface area contributed by atoms with Crippen LogP contribution in [0.2, 0.25) is 10.0 Å². The van der Waals surface area contributed by atoms with Crippen LogP contribution >= 0.6 is 23.2 Å². The van der Waals surface area contributed by atoms with E-state index in [1.165, 1.54) is 6.07 Å². The van der Waals surface area contributed by atoms with Gasteiger partial charge in [0.1, 0.15) is 5.82 Å². The highest BCUT2D eigenvalue weighted by molar-refractivity contribution is 6.32. The number of aromatic nitrogens is 2. The zero-order valence-corrected chi connectivity index (χ0v) is 13.9. The van der Waals surface area contributed by atoms with Crippen molar-refractivity contribution in [2.24, 2.45) is 0 Å². The summed E-state index contributed by atoms with van der Waals surface area (Å²) in [6.07, 6.45) is 1.40. The molecule has 0 amide bonds. The van der Waals surface area contributed by atoms with Gasteiger partial charge in [-0.3, -0.25) is 0 Å². The van der Waals surface area contributed by atoms with Gasteiger partial charge in [-0.25, -0.2) is 4.39 Å². The molecule has 2 N–H and O–H groups in total. The monoisotopic (exact) mass is 363 g/mol. The Labute approximate surface area is 147 Å². The maximum atomic E-state index is 14.4. The van der Waals surface area contributed by atoms with Crippen molar-refractivity contribution in [3.05, 3.63) is 63.6 Å². The van der Waals surface area contributed by atoms with E-state index >= 15 is 0 Å². The predicted molar refractivity (Wildman–Crippen MR) is 90.6 cm³/mol. The lowest BCUT2D eigenvalue weighted by molar-refractivity contribution is 0.416. The lowest BCUT2D eigenvalue weighted by atomic mass is 9.94. The molecule has 122 valence electrons. The molecule has 2 aromatic carbocycles. The number of benzene rings is 2. The normalized spacial score (nSPS) is 15.5. The average Bonchev–Trinajstić information content (AvgIpc) is 3.15. The third-order valence-electron chi connectivity index (χ3n) is 4.24. The van der Waals surface area contributed by atoms with Crippen LogP contribution in [-0.2, 0) is 5.41 Å². The van der Waals surface area contributed by atoms with Gasteiger partial charge in [-0.15, -0.1) is 0 Å². The van der Waals surface area contributed by atoms with Crippen LogP contribution in [0.4, 0.5) is 10.1 Å². The van der Waals surface area contributed by atoms with Crippen molar-refractivity contribution in [1.29, 1.82) is 0 Å². The summed E-state index contributed by atoms with van der Waals surface area (Å²) in [5.41, 5.74) is 6.40. The maximum absolute atomic E-state index is 14.4. The van der Waals surface area contributed by atoms with Crippen LogP contribution in [0, 0.1) is 5.82 Å². The van der Waals surface area contributed by atoms with E-state index in [-0.39, 0.29) is 10.7 Å². The van der Waals surface area contributed by atoms with E-state index in [1.807, 2.05) is 0 Å². The third-order valence-corrected chi connectivity index (χ3v) is 4.79. The number of hydrogen-bond acceptors (Lipinski definition) is 4. The number of anilines is 1. The van der Waals surface area contributed by atoms with Gasteiger partial charge >= 0.3 is 0 Å². The van der Waals surface area contributed by atoms with Gasteiger partial charge in [0.15, 0.2) is 5.82 Å². The Kier molecular flexibility index (Phi) is 3.51. The summed E-state index contributed by atoms with van der Waals surface area (Å²) in [5.74, 6) is 0.341. The van der Waals surface area contributed by atoms with Gasteiger partial charge in [-0.2, -0.15) is 4.98 Å². The average molecular weight is 364 g/mol. The molecule has 0 saturated heterocycles. The van der Waals surface area contributed by atoms with E-state index in [2.05, 4.69) is 10.1 Å². The van der Waals surface area contributed by atoms with Gasteiger partial charge in [0.25, 0.3) is 5.89 Å². The summed E-state index contributed by atoms with van der Waals surface area (Å²) in [6.45, 7) is 0. The van der Waals surface area contributed by atoms with Crippen LogP contribution in [0.15, 0.2) is 40.9 Å². The van der Waals surface area contributed by atoms with Gasteiger partial charge in [-0.1, -0.05) is 28.4 Å². The minimum atomic E-state index is -0.650. The Morgan fingerprint density at radius 1 is 1.12 bits per heavy atom. The summed E-state index contributed by atoms with van der Waals surface area (Å²) in [7, 11) is 0. The van der Waals surface area contributed by atoms with E-state index in [9.17, 15) is 4.39 Å². The smallest absolute Gasteiger partial charge is 0.257 e. The van der Waals surface area contributed by atoms with Crippen LogP contribution in [0.25, 0.3) is 11.5 Å². The van der Waals surface area contributed by atoms with Crippen molar-refractivity contribution < 1.29 is 8.91 Å². The second-order valence-electron chi connectivity index (χ2n) is 5.87. The summed E-state index contributed by atoms with van der Waals surface area (Å²) in [5, 5.41) is 4.95. The fourth-order valence-corrected chi connectivity index (χ4v) is 3.41. The molecule has 1 aliphatic rings. The van der Waals surface area contributed by atoms with Gasteiger partial charge in [0, 0.05) is 26.9 Å². The van der Waals surface area contributed by atoms with Crippen molar-refractivity contribution in [1.82, 2.24) is 10.1 Å². The molecule has 4 nitrogen and oxygen atoms in total. The number of hydrogen-bond donors (Lipinski definition) is 1. The number of nitrogen functional groups attached to an aromatic ring is 1. The van der Waals surface area contributed by atoms with Crippen LogP contribution in [0.5, 0.6) is 0 Å². The molecule has 1 aromatic heterocycles. The zero-order chi connectivity index (χ0) is 16.9. The Morgan fingerprint density at radius 3 is 2.46 bits per heavy atom. The minimum Gasteiger partial charge on any atom is -0.399 e. The number of nitrogens with two attached hydrogens (primary N) is 1. The number of halogens is 3. The fraction of sp³-hybridized carbons (Fsp3) is 0.176. The van der Waals surface area contributed by atoms with Gasteiger partial charge in [-0.05, 0) is 49.2 Å². The molecule has 1 heterocycles. The first-order valence-corrected chi connectivity index (χ1v) is 8.10. The molecule has 1 fully saturated rings. The molecular formula is C17H12Cl2FN3O. The summed E-state index contributed by atoms with van der Waals surface area (Å²) in [6, 6.07) is 9.86. The van der Waals surface area contributed by atoms with E-state index in [1.54, 1.807) is 30.3 Å². The van der Waals surface area contributed by atoms with E-state index in [0.717, 1.165) is 5.56 Å². The lowest BCUT2D eigenvalue weighted by Gasteiger charge is -2.14. The Hall–Kier alpha value is -2.11. The molecule has 1 saturated carbocycles. The van der Waals surface area contributed by atoms with Crippen molar-refractivity contribution in [2.45, 2.75) is 18.3 Å². The molecule has 3 aromatic rings. The van der Waals surface area contributed by atoms with Crippen molar-refractivity contribution in [3.63, 3.8) is 0 Å². The predicted octanol–water partition coefficient (Wildman–Crippen LogP) is 4.84. The van der Waals surface area contributed by atoms with Crippen molar-refractivity contribution in [2.75, 3.05) is 5.73 Å². The summed E-state index contributed by atoms with van der Waals surface area (Å²) in [4.78, 5) is 4.45. The molecule has 1 aliphatic carbocycles. The largest absolute Gasteiger partial charge is 0.399 e. The highest BCUT2D eigenvalue weighted by Crippen LogP contribution is 2.55. The Bertz CT molecular complexity index is 897. The van der Waals surface area contributed by atoms with Gasteiger partial charge < -0.3 is 10.3 Å². The zero-order valence-electron chi connectivity index (χ0n) is 12.4. The molecule has 0 spiro atoms. The van der Waals surface area contributed by atoms with E-state index < -0.39 is 11.2 Å². The first-order valence-electron chi connectivity index (χ1n) is 7.35. The quantitative estimate of drug-likeness (QED) is 0.675. The molecule has 0 bridgehead atoms. The third kappa shape index (κ3) is 2.44. The van der Waals surface area contributed by atoms with Crippen LogP contribution in [0.1, 0.15) is 24.2 Å². The van der Waals surface area contributed by atoms with Crippen LogP contribution < -0.4 is 5.73 Å². The highest BCUT2D eigenvalue weighted by atomic mass is 35.5. The number of nitrogens with zero attached hydrogens (tertiary/aromatic N) is 2. The molecule has 0 atom stereocenters. The second kappa shape index (κ2) is 5.46. The van der Waals surface area contributed by atoms with E-state index in [4.69, 9.17) is 33.5 Å². The Balaban J connectivity index is 1.76. The molecule has 0 aliphatic heterocycles. The van der Waals surface area contributed by atoms with Crippen LogP contribution in [-0.4, -0.2) is 10.1 Å². The Morgan fingerprint density at radius 2 is 1.83 bits per heavy atom. The SMILES string of the molecule is Nc1cc(F)c(C2(c3noc(-c4ccc(Cl)cc4)n3)CC2)c(Cl)c1. The molecule has 0 radical (unpaired) electrons. The number of rotatable bonds is 3. The van der Waals surface area contributed by atoms with Gasteiger partial charge in [0.05, 0.1) is 5.41 Å². The molecule has 0 unspecified atom stereocenters. The first kappa shape index (κ1) is 15.4.